The molecule has 1 heterocycles. The van der Waals surface area contributed by atoms with Crippen LogP contribution < -0.4 is 10.9 Å². The van der Waals surface area contributed by atoms with E-state index in [2.05, 4.69) is 52.2 Å². The Kier molecular flexibility index (Phi) is 7.03. The van der Waals surface area contributed by atoms with E-state index in [4.69, 9.17) is 0 Å². The Bertz CT molecular complexity index is 1150. The quantitative estimate of drug-likeness (QED) is 0.369. The highest BCUT2D eigenvalue weighted by Gasteiger charge is 2.15. The van der Waals surface area contributed by atoms with Crippen LogP contribution in [0, 0.1) is 26.7 Å². The Morgan fingerprint density at radius 3 is 2.47 bits per heavy atom. The number of amides is 1. The van der Waals surface area contributed by atoms with E-state index in [1.54, 1.807) is 10.6 Å². The van der Waals surface area contributed by atoms with Crippen molar-refractivity contribution in [3.63, 3.8) is 0 Å². The van der Waals surface area contributed by atoms with E-state index in [1.165, 1.54) is 17.3 Å². The van der Waals surface area contributed by atoms with Gasteiger partial charge in [-0.25, -0.2) is 4.98 Å². The number of fused-ring (bicyclic) bond motifs is 1. The van der Waals surface area contributed by atoms with Crippen LogP contribution in [0.4, 0.5) is 5.69 Å². The molecule has 158 valence electrons. The molecule has 0 aliphatic carbocycles. The van der Waals surface area contributed by atoms with Crippen LogP contribution in [0.5, 0.6) is 0 Å². The van der Waals surface area contributed by atoms with Crippen LogP contribution in [0.2, 0.25) is 0 Å². The fourth-order valence-corrected chi connectivity index (χ4v) is 4.66. The number of hydrogen-bond donors (Lipinski definition) is 1. The van der Waals surface area contributed by atoms with E-state index in [0.717, 1.165) is 21.3 Å². The lowest BCUT2D eigenvalue weighted by atomic mass is 10.1. The number of nitrogens with zero attached hydrogens (tertiary/aromatic N) is 2. The molecule has 2 aromatic carbocycles. The van der Waals surface area contributed by atoms with E-state index in [-0.39, 0.29) is 23.1 Å². The standard InChI is InChI=1S/C23H26BrN3O2S/c1-13(2)11-27-22(29)18-10-17(24)6-7-19(18)25-23(27)30-12-20(28)26-21-15(4)8-14(3)9-16(21)5/h6-10,13H,11-12H2,1-5H3,(H,26,28). The van der Waals surface area contributed by atoms with Crippen molar-refractivity contribution in [3.8, 4) is 0 Å². The zero-order chi connectivity index (χ0) is 22.0. The zero-order valence-corrected chi connectivity index (χ0v) is 20.3. The number of nitrogens with one attached hydrogen (secondary N) is 1. The Morgan fingerprint density at radius 2 is 1.83 bits per heavy atom. The van der Waals surface area contributed by atoms with Crippen molar-refractivity contribution in [2.45, 2.75) is 46.3 Å². The number of aryl methyl sites for hydroxylation is 3. The fraction of sp³-hybridized carbons (Fsp3) is 0.348. The number of rotatable bonds is 6. The van der Waals surface area contributed by atoms with Gasteiger partial charge in [-0.3, -0.25) is 14.2 Å². The van der Waals surface area contributed by atoms with Crippen LogP contribution >= 0.6 is 27.7 Å². The molecule has 1 N–H and O–H groups in total. The van der Waals surface area contributed by atoms with Gasteiger partial charge in [-0.05, 0) is 56.0 Å². The molecule has 5 nitrogen and oxygen atoms in total. The first kappa shape index (κ1) is 22.6. The average Bonchev–Trinajstić information content (AvgIpc) is 2.66. The molecule has 0 radical (unpaired) electrons. The summed E-state index contributed by atoms with van der Waals surface area (Å²) in [6, 6.07) is 9.60. The second-order valence-corrected chi connectivity index (χ2v) is 9.83. The third-order valence-electron chi connectivity index (χ3n) is 4.70. The number of anilines is 1. The van der Waals surface area contributed by atoms with Gasteiger partial charge in [0, 0.05) is 16.7 Å². The van der Waals surface area contributed by atoms with Crippen LogP contribution in [0.1, 0.15) is 30.5 Å². The van der Waals surface area contributed by atoms with Gasteiger partial charge in [-0.1, -0.05) is 59.2 Å². The van der Waals surface area contributed by atoms with Crippen molar-refractivity contribution < 1.29 is 4.79 Å². The van der Waals surface area contributed by atoms with E-state index < -0.39 is 0 Å². The highest BCUT2D eigenvalue weighted by atomic mass is 79.9. The molecule has 0 saturated carbocycles. The summed E-state index contributed by atoms with van der Waals surface area (Å²) in [6.45, 7) is 10.7. The van der Waals surface area contributed by atoms with Crippen molar-refractivity contribution in [1.29, 1.82) is 0 Å². The normalized spacial score (nSPS) is 11.3. The Balaban J connectivity index is 1.87. The molecule has 0 spiro atoms. The zero-order valence-electron chi connectivity index (χ0n) is 17.9. The molecule has 0 aliphatic heterocycles. The first-order chi connectivity index (χ1) is 14.2. The number of carbonyl (C=O) groups excluding carboxylic acids is 1. The summed E-state index contributed by atoms with van der Waals surface area (Å²) in [4.78, 5) is 30.4. The van der Waals surface area contributed by atoms with Gasteiger partial charge in [0.15, 0.2) is 5.16 Å². The summed E-state index contributed by atoms with van der Waals surface area (Å²) >= 11 is 4.72. The second-order valence-electron chi connectivity index (χ2n) is 7.98. The van der Waals surface area contributed by atoms with Crippen molar-refractivity contribution in [3.05, 3.63) is 61.8 Å². The van der Waals surface area contributed by atoms with E-state index in [0.29, 0.717) is 22.6 Å². The third-order valence-corrected chi connectivity index (χ3v) is 6.17. The van der Waals surface area contributed by atoms with E-state index in [1.807, 2.05) is 32.9 Å². The van der Waals surface area contributed by atoms with Crippen LogP contribution in [0.15, 0.2) is 44.8 Å². The SMILES string of the molecule is Cc1cc(C)c(NC(=O)CSc2nc3ccc(Br)cc3c(=O)n2CC(C)C)c(C)c1. The topological polar surface area (TPSA) is 64.0 Å². The largest absolute Gasteiger partial charge is 0.325 e. The van der Waals surface area contributed by atoms with Crippen LogP contribution in [-0.2, 0) is 11.3 Å². The lowest BCUT2D eigenvalue weighted by Gasteiger charge is -2.16. The lowest BCUT2D eigenvalue weighted by molar-refractivity contribution is -0.113. The molecule has 0 saturated heterocycles. The van der Waals surface area contributed by atoms with Gasteiger partial charge in [0.25, 0.3) is 5.56 Å². The number of halogens is 1. The Morgan fingerprint density at radius 1 is 1.17 bits per heavy atom. The molecule has 1 aromatic heterocycles. The summed E-state index contributed by atoms with van der Waals surface area (Å²) < 4.78 is 2.52. The first-order valence-electron chi connectivity index (χ1n) is 9.86. The average molecular weight is 488 g/mol. The maximum absolute atomic E-state index is 13.1. The van der Waals surface area contributed by atoms with E-state index >= 15 is 0 Å². The minimum Gasteiger partial charge on any atom is -0.325 e. The Hall–Kier alpha value is -2.12. The van der Waals surface area contributed by atoms with Crippen LogP contribution in [0.25, 0.3) is 10.9 Å². The number of benzene rings is 2. The first-order valence-corrected chi connectivity index (χ1v) is 11.6. The summed E-state index contributed by atoms with van der Waals surface area (Å²) in [5, 5.41) is 4.15. The molecule has 1 amide bonds. The minimum atomic E-state index is -0.115. The van der Waals surface area contributed by atoms with Gasteiger partial charge in [-0.15, -0.1) is 0 Å². The molecule has 0 atom stereocenters. The number of thioether (sulfide) groups is 1. The number of hydrogen-bond acceptors (Lipinski definition) is 4. The molecule has 30 heavy (non-hydrogen) atoms. The molecule has 7 heteroatoms. The predicted octanol–water partition coefficient (Wildman–Crippen LogP) is 5.47. The van der Waals surface area contributed by atoms with E-state index in [9.17, 15) is 9.59 Å². The second kappa shape index (κ2) is 9.35. The van der Waals surface area contributed by atoms with Gasteiger partial charge in [0.1, 0.15) is 0 Å². The maximum Gasteiger partial charge on any atom is 0.262 e. The van der Waals surface area contributed by atoms with Crippen LogP contribution in [0.3, 0.4) is 0 Å². The van der Waals surface area contributed by atoms with Gasteiger partial charge in [0.2, 0.25) is 5.91 Å². The van der Waals surface area contributed by atoms with Gasteiger partial charge >= 0.3 is 0 Å². The maximum atomic E-state index is 13.1. The van der Waals surface area contributed by atoms with Gasteiger partial charge < -0.3 is 5.32 Å². The monoisotopic (exact) mass is 487 g/mol. The predicted molar refractivity (Wildman–Crippen MR) is 129 cm³/mol. The molecular weight excluding hydrogens is 462 g/mol. The van der Waals surface area contributed by atoms with Crippen molar-refractivity contribution in [1.82, 2.24) is 9.55 Å². The van der Waals surface area contributed by atoms with Crippen molar-refractivity contribution in [2.24, 2.45) is 5.92 Å². The highest BCUT2D eigenvalue weighted by molar-refractivity contribution is 9.10. The lowest BCUT2D eigenvalue weighted by Crippen LogP contribution is -2.26. The highest BCUT2D eigenvalue weighted by Crippen LogP contribution is 2.24. The van der Waals surface area contributed by atoms with Crippen molar-refractivity contribution >= 4 is 50.2 Å². The number of carbonyl (C=O) groups is 1. The fourth-order valence-electron chi connectivity index (χ4n) is 3.49. The van der Waals surface area contributed by atoms with Crippen LogP contribution in [-0.4, -0.2) is 21.2 Å². The molecule has 0 aliphatic rings. The molecular formula is C23H26BrN3O2S. The molecule has 0 bridgehead atoms. The summed E-state index contributed by atoms with van der Waals surface area (Å²) in [6.07, 6.45) is 0. The smallest absolute Gasteiger partial charge is 0.262 e. The molecule has 0 unspecified atom stereocenters. The molecule has 0 fully saturated rings. The summed E-state index contributed by atoms with van der Waals surface area (Å²) in [5.74, 6) is 0.343. The Labute approximate surface area is 189 Å². The van der Waals surface area contributed by atoms with Gasteiger partial charge in [-0.2, -0.15) is 0 Å². The summed E-state index contributed by atoms with van der Waals surface area (Å²) in [5.41, 5.74) is 4.65. The van der Waals surface area contributed by atoms with Crippen molar-refractivity contribution in [2.75, 3.05) is 11.1 Å². The molecule has 3 aromatic rings. The summed E-state index contributed by atoms with van der Waals surface area (Å²) in [7, 11) is 0. The molecule has 3 rings (SSSR count). The van der Waals surface area contributed by atoms with Gasteiger partial charge in [0.05, 0.1) is 16.7 Å². The minimum absolute atomic E-state index is 0.0804. The third kappa shape index (κ3) is 5.13. The number of aromatic nitrogens is 2.